The maximum absolute atomic E-state index is 11.1. The molecule has 0 aliphatic carbocycles. The fourth-order valence-corrected chi connectivity index (χ4v) is 1.79. The molecule has 0 aromatic heterocycles. The molecule has 0 spiro atoms. The van der Waals surface area contributed by atoms with Crippen LogP contribution in [-0.4, -0.2) is 30.3 Å². The van der Waals surface area contributed by atoms with Gasteiger partial charge in [0.25, 0.3) is 0 Å². The topological polar surface area (TPSA) is 123 Å². The lowest BCUT2D eigenvalue weighted by Crippen LogP contribution is -2.09. The third-order valence-electron chi connectivity index (χ3n) is 3.28. The summed E-state index contributed by atoms with van der Waals surface area (Å²) in [6.07, 6.45) is 0.555. The van der Waals surface area contributed by atoms with Gasteiger partial charge in [0.15, 0.2) is 0 Å². The molecule has 2 rings (SSSR count). The highest BCUT2D eigenvalue weighted by molar-refractivity contribution is 5.87. The number of rotatable bonds is 7. The van der Waals surface area contributed by atoms with Crippen molar-refractivity contribution in [3.8, 4) is 11.8 Å². The van der Waals surface area contributed by atoms with E-state index in [2.05, 4.69) is 6.58 Å². The number of carboxylic acid groups (broad SMARTS) is 1. The number of hydrogen-bond donors (Lipinski definition) is 2. The molecule has 0 saturated heterocycles. The molecule has 146 valence electrons. The summed E-state index contributed by atoms with van der Waals surface area (Å²) in [6, 6.07) is 14.9. The molecule has 0 radical (unpaired) electrons. The Hall–Kier alpha value is -3.79. The largest absolute Gasteiger partial charge is 0.493 e. The summed E-state index contributed by atoms with van der Waals surface area (Å²) in [5.74, 6) is -0.805. The number of ether oxygens (including phenoxy) is 2. The molecule has 7 heteroatoms. The number of nitrogen functional groups attached to an aromatic ring is 1. The predicted octanol–water partition coefficient (Wildman–Crippen LogP) is 3.41. The third kappa shape index (κ3) is 8.54. The molecule has 0 fully saturated rings. The highest BCUT2D eigenvalue weighted by Gasteiger charge is 2.03. The first-order chi connectivity index (χ1) is 13.3. The zero-order valence-electron chi connectivity index (χ0n) is 15.6. The van der Waals surface area contributed by atoms with Crippen molar-refractivity contribution in [3.63, 3.8) is 0 Å². The summed E-state index contributed by atoms with van der Waals surface area (Å²) in [5.41, 5.74) is 7.28. The molecule has 0 aliphatic heterocycles. The van der Waals surface area contributed by atoms with E-state index in [0.717, 1.165) is 0 Å². The zero-order chi connectivity index (χ0) is 20.9. The number of nitrogens with two attached hydrogens (primary N) is 1. The van der Waals surface area contributed by atoms with E-state index in [4.69, 9.17) is 25.6 Å². The third-order valence-corrected chi connectivity index (χ3v) is 3.28. The Kier molecular flexibility index (Phi) is 9.34. The molecule has 0 amide bonds. The normalized spacial score (nSPS) is 9.29. The van der Waals surface area contributed by atoms with Gasteiger partial charge in [0.2, 0.25) is 0 Å². The molecule has 0 unspecified atom stereocenters. The zero-order valence-corrected chi connectivity index (χ0v) is 15.6. The van der Waals surface area contributed by atoms with Gasteiger partial charge in [0, 0.05) is 17.7 Å². The fourth-order valence-electron chi connectivity index (χ4n) is 1.79. The van der Waals surface area contributed by atoms with Gasteiger partial charge in [-0.2, -0.15) is 5.26 Å². The molecular weight excluding hydrogens is 360 g/mol. The van der Waals surface area contributed by atoms with E-state index in [0.29, 0.717) is 35.6 Å². The molecule has 28 heavy (non-hydrogen) atoms. The van der Waals surface area contributed by atoms with Gasteiger partial charge in [0.1, 0.15) is 5.75 Å². The quantitative estimate of drug-likeness (QED) is 0.325. The molecule has 3 N–H and O–H groups in total. The van der Waals surface area contributed by atoms with Crippen LogP contribution in [-0.2, 0) is 9.53 Å². The Morgan fingerprint density at radius 3 is 2.21 bits per heavy atom. The maximum atomic E-state index is 11.1. The highest BCUT2D eigenvalue weighted by Crippen LogP contribution is 2.12. The number of benzene rings is 2. The van der Waals surface area contributed by atoms with Crippen molar-refractivity contribution in [3.05, 3.63) is 71.8 Å². The lowest BCUT2D eigenvalue weighted by atomic mass is 10.2. The predicted molar refractivity (Wildman–Crippen MR) is 105 cm³/mol. The van der Waals surface area contributed by atoms with Crippen LogP contribution in [0.2, 0.25) is 0 Å². The van der Waals surface area contributed by atoms with Crippen LogP contribution in [0.3, 0.4) is 0 Å². The number of nitrogens with zero attached hydrogens (tertiary/aromatic N) is 1. The molecule has 0 heterocycles. The minimum Gasteiger partial charge on any atom is -0.493 e. The van der Waals surface area contributed by atoms with Crippen LogP contribution in [0.1, 0.15) is 29.3 Å². The first-order valence-electron chi connectivity index (χ1n) is 8.38. The SMILES string of the molecule is C=C(C)C(=O)OCCCOc1ccc(C(=O)O)cc1.N#Cc1ccc(N)cc1. The summed E-state index contributed by atoms with van der Waals surface area (Å²) < 4.78 is 10.3. The van der Waals surface area contributed by atoms with Crippen LogP contribution in [0.25, 0.3) is 0 Å². The molecule has 0 saturated carbocycles. The van der Waals surface area contributed by atoms with Gasteiger partial charge in [-0.3, -0.25) is 0 Å². The van der Waals surface area contributed by atoms with Crippen molar-refractivity contribution in [1.29, 1.82) is 5.26 Å². The summed E-state index contributed by atoms with van der Waals surface area (Å²) >= 11 is 0. The Morgan fingerprint density at radius 2 is 1.71 bits per heavy atom. The number of anilines is 1. The number of esters is 1. The van der Waals surface area contributed by atoms with E-state index in [1.807, 2.05) is 6.07 Å². The van der Waals surface area contributed by atoms with Crippen LogP contribution in [0.5, 0.6) is 5.75 Å². The number of carbonyl (C=O) groups excluding carboxylic acids is 1. The molecule has 2 aromatic carbocycles. The number of hydrogen-bond acceptors (Lipinski definition) is 6. The Labute approximate surface area is 163 Å². The Balaban J connectivity index is 0.000000362. The standard InChI is InChI=1S/C14H16O5.C7H6N2/c1-10(2)14(17)19-9-3-8-18-12-6-4-11(5-7-12)13(15)16;8-5-6-1-3-7(9)4-2-6/h4-7H,1,3,8-9H2,2H3,(H,15,16);1-4H,9H2. The van der Waals surface area contributed by atoms with Gasteiger partial charge in [-0.25, -0.2) is 9.59 Å². The lowest BCUT2D eigenvalue weighted by Gasteiger charge is -2.07. The Morgan fingerprint density at radius 1 is 1.11 bits per heavy atom. The second-order valence-electron chi connectivity index (χ2n) is 5.68. The van der Waals surface area contributed by atoms with Crippen LogP contribution in [0, 0.1) is 11.3 Å². The van der Waals surface area contributed by atoms with Gasteiger partial charge in [-0.1, -0.05) is 6.58 Å². The molecule has 2 aromatic rings. The van der Waals surface area contributed by atoms with Crippen molar-refractivity contribution < 1.29 is 24.2 Å². The van der Waals surface area contributed by atoms with E-state index < -0.39 is 11.9 Å². The van der Waals surface area contributed by atoms with Gasteiger partial charge in [-0.15, -0.1) is 0 Å². The number of aromatic carboxylic acids is 1. The van der Waals surface area contributed by atoms with E-state index >= 15 is 0 Å². The van der Waals surface area contributed by atoms with Gasteiger partial charge in [0.05, 0.1) is 30.4 Å². The van der Waals surface area contributed by atoms with Crippen molar-refractivity contribution >= 4 is 17.6 Å². The molecule has 0 aliphatic rings. The van der Waals surface area contributed by atoms with Crippen LogP contribution >= 0.6 is 0 Å². The van der Waals surface area contributed by atoms with Gasteiger partial charge < -0.3 is 20.3 Å². The second-order valence-corrected chi connectivity index (χ2v) is 5.68. The molecular formula is C21H22N2O5. The van der Waals surface area contributed by atoms with Crippen LogP contribution in [0.15, 0.2) is 60.7 Å². The number of carbonyl (C=O) groups is 2. The van der Waals surface area contributed by atoms with E-state index in [-0.39, 0.29) is 12.2 Å². The highest BCUT2D eigenvalue weighted by atomic mass is 16.5. The smallest absolute Gasteiger partial charge is 0.335 e. The molecule has 0 atom stereocenters. The number of carboxylic acids is 1. The Bertz CT molecular complexity index is 837. The molecule has 7 nitrogen and oxygen atoms in total. The van der Waals surface area contributed by atoms with E-state index in [9.17, 15) is 9.59 Å². The average molecular weight is 382 g/mol. The van der Waals surface area contributed by atoms with Crippen molar-refractivity contribution in [2.45, 2.75) is 13.3 Å². The average Bonchev–Trinajstić information content (AvgIpc) is 2.69. The summed E-state index contributed by atoms with van der Waals surface area (Å²) in [7, 11) is 0. The fraction of sp³-hybridized carbons (Fsp3) is 0.190. The minimum absolute atomic E-state index is 0.211. The summed E-state index contributed by atoms with van der Waals surface area (Å²) in [4.78, 5) is 21.7. The van der Waals surface area contributed by atoms with Gasteiger partial charge in [-0.05, 0) is 55.5 Å². The second kappa shape index (κ2) is 11.8. The van der Waals surface area contributed by atoms with E-state index in [1.165, 1.54) is 12.1 Å². The summed E-state index contributed by atoms with van der Waals surface area (Å²) in [6.45, 7) is 5.70. The summed E-state index contributed by atoms with van der Waals surface area (Å²) in [5, 5.41) is 17.1. The van der Waals surface area contributed by atoms with Crippen LogP contribution < -0.4 is 10.5 Å². The van der Waals surface area contributed by atoms with Crippen molar-refractivity contribution in [1.82, 2.24) is 0 Å². The molecule has 0 bridgehead atoms. The van der Waals surface area contributed by atoms with Crippen molar-refractivity contribution in [2.24, 2.45) is 0 Å². The van der Waals surface area contributed by atoms with Crippen molar-refractivity contribution in [2.75, 3.05) is 18.9 Å². The first kappa shape index (κ1) is 22.3. The van der Waals surface area contributed by atoms with Crippen LogP contribution in [0.4, 0.5) is 5.69 Å². The van der Waals surface area contributed by atoms with E-state index in [1.54, 1.807) is 43.3 Å². The minimum atomic E-state index is -0.974. The number of nitriles is 1. The maximum Gasteiger partial charge on any atom is 0.335 e. The van der Waals surface area contributed by atoms with Gasteiger partial charge >= 0.3 is 11.9 Å². The monoisotopic (exact) mass is 382 g/mol. The first-order valence-corrected chi connectivity index (χ1v) is 8.38. The lowest BCUT2D eigenvalue weighted by molar-refractivity contribution is -0.139.